The molecule has 3 N–H and O–H groups in total. The van der Waals surface area contributed by atoms with Gasteiger partial charge in [-0.2, -0.15) is 0 Å². The summed E-state index contributed by atoms with van der Waals surface area (Å²) in [4.78, 5) is 0. The number of rotatable bonds is 5. The summed E-state index contributed by atoms with van der Waals surface area (Å²) >= 11 is 0. The Balaban J connectivity index is 1.70. The zero-order chi connectivity index (χ0) is 12.1. The summed E-state index contributed by atoms with van der Waals surface area (Å²) in [6.07, 6.45) is 5.62. The molecule has 0 bridgehead atoms. The van der Waals surface area contributed by atoms with Gasteiger partial charge in [-0.1, -0.05) is 12.8 Å². The van der Waals surface area contributed by atoms with Gasteiger partial charge in [-0.25, -0.2) is 0 Å². The summed E-state index contributed by atoms with van der Waals surface area (Å²) in [5.74, 6) is 0. The van der Waals surface area contributed by atoms with Gasteiger partial charge in [-0.3, -0.25) is 0 Å². The molecule has 0 spiro atoms. The highest BCUT2D eigenvalue weighted by Crippen LogP contribution is 2.20. The predicted molar refractivity (Wildman–Crippen MR) is 72.3 cm³/mol. The van der Waals surface area contributed by atoms with Crippen LogP contribution in [-0.4, -0.2) is 19.3 Å². The summed E-state index contributed by atoms with van der Waals surface area (Å²) < 4.78 is 5.79. The molecule has 94 valence electrons. The van der Waals surface area contributed by atoms with E-state index in [0.29, 0.717) is 6.10 Å². The molecule has 1 aliphatic rings. The first-order valence-corrected chi connectivity index (χ1v) is 6.47. The second kappa shape index (κ2) is 5.92. The van der Waals surface area contributed by atoms with Crippen LogP contribution in [0.3, 0.4) is 0 Å². The van der Waals surface area contributed by atoms with Gasteiger partial charge >= 0.3 is 0 Å². The van der Waals surface area contributed by atoms with Crippen LogP contribution < -0.4 is 11.1 Å². The fourth-order valence-electron chi connectivity index (χ4n) is 2.39. The van der Waals surface area contributed by atoms with Crippen molar-refractivity contribution in [3.8, 4) is 0 Å². The van der Waals surface area contributed by atoms with E-state index >= 15 is 0 Å². The third-order valence-electron chi connectivity index (χ3n) is 3.19. The van der Waals surface area contributed by atoms with E-state index in [2.05, 4.69) is 18.3 Å². The Morgan fingerprint density at radius 1 is 1.29 bits per heavy atom. The van der Waals surface area contributed by atoms with Gasteiger partial charge in [0.1, 0.15) is 0 Å². The number of nitrogens with one attached hydrogen (secondary N) is 1. The van der Waals surface area contributed by atoms with Crippen LogP contribution in [0.4, 0.5) is 11.4 Å². The number of benzene rings is 1. The number of ether oxygens (including phenoxy) is 1. The lowest BCUT2D eigenvalue weighted by Crippen LogP contribution is -2.15. The van der Waals surface area contributed by atoms with Crippen LogP contribution in [0.15, 0.2) is 18.2 Å². The minimum Gasteiger partial charge on any atom is -0.399 e. The normalized spacial score (nSPS) is 16.3. The molecule has 17 heavy (non-hydrogen) atoms. The van der Waals surface area contributed by atoms with Crippen molar-refractivity contribution in [2.45, 2.75) is 38.7 Å². The van der Waals surface area contributed by atoms with Crippen LogP contribution in [0.2, 0.25) is 0 Å². The van der Waals surface area contributed by atoms with Crippen LogP contribution >= 0.6 is 0 Å². The van der Waals surface area contributed by atoms with E-state index in [1.54, 1.807) is 0 Å². The molecule has 3 nitrogen and oxygen atoms in total. The number of nitrogen functional groups attached to an aromatic ring is 1. The summed E-state index contributed by atoms with van der Waals surface area (Å²) in [7, 11) is 0. The first-order valence-electron chi connectivity index (χ1n) is 6.47. The second-order valence-corrected chi connectivity index (χ2v) is 4.84. The van der Waals surface area contributed by atoms with E-state index < -0.39 is 0 Å². The summed E-state index contributed by atoms with van der Waals surface area (Å²) in [6.45, 7) is 3.68. The fraction of sp³-hybridized carbons (Fsp3) is 0.571. The first kappa shape index (κ1) is 12.2. The van der Waals surface area contributed by atoms with Gasteiger partial charge in [0.2, 0.25) is 0 Å². The molecular weight excluding hydrogens is 212 g/mol. The minimum absolute atomic E-state index is 0.499. The van der Waals surface area contributed by atoms with Crippen molar-refractivity contribution >= 4 is 11.4 Å². The molecule has 0 radical (unpaired) electrons. The molecule has 1 aliphatic carbocycles. The third kappa shape index (κ3) is 3.93. The van der Waals surface area contributed by atoms with Crippen molar-refractivity contribution in [3.63, 3.8) is 0 Å². The van der Waals surface area contributed by atoms with Crippen LogP contribution in [0.5, 0.6) is 0 Å². The van der Waals surface area contributed by atoms with Crippen LogP contribution in [0, 0.1) is 6.92 Å². The maximum atomic E-state index is 5.79. The molecule has 1 saturated carbocycles. The van der Waals surface area contributed by atoms with Crippen molar-refractivity contribution in [2.24, 2.45) is 0 Å². The molecule has 1 aromatic rings. The Morgan fingerprint density at radius 2 is 2.06 bits per heavy atom. The van der Waals surface area contributed by atoms with Crippen molar-refractivity contribution in [1.29, 1.82) is 0 Å². The van der Waals surface area contributed by atoms with E-state index in [1.807, 2.05) is 12.1 Å². The van der Waals surface area contributed by atoms with Crippen molar-refractivity contribution in [3.05, 3.63) is 23.8 Å². The number of aryl methyl sites for hydroxylation is 1. The molecule has 1 fully saturated rings. The Hall–Kier alpha value is -1.22. The van der Waals surface area contributed by atoms with Crippen molar-refractivity contribution in [1.82, 2.24) is 0 Å². The molecule has 1 aromatic carbocycles. The molecule has 0 aromatic heterocycles. The number of hydrogen-bond acceptors (Lipinski definition) is 3. The highest BCUT2D eigenvalue weighted by atomic mass is 16.5. The zero-order valence-electron chi connectivity index (χ0n) is 10.5. The summed E-state index contributed by atoms with van der Waals surface area (Å²) in [6, 6.07) is 6.04. The van der Waals surface area contributed by atoms with E-state index in [1.165, 1.54) is 31.2 Å². The molecule has 0 unspecified atom stereocenters. The van der Waals surface area contributed by atoms with Gasteiger partial charge in [0, 0.05) is 17.9 Å². The summed E-state index contributed by atoms with van der Waals surface area (Å²) in [5.41, 5.74) is 8.87. The molecule has 2 rings (SSSR count). The largest absolute Gasteiger partial charge is 0.399 e. The van der Waals surface area contributed by atoms with Gasteiger partial charge < -0.3 is 15.8 Å². The lowest BCUT2D eigenvalue weighted by atomic mass is 10.2. The standard InChI is InChI=1S/C14H22N2O/c1-11-8-12(15)10-13(9-11)16-6-7-17-14-4-2-3-5-14/h8-10,14,16H,2-7,15H2,1H3. The second-order valence-electron chi connectivity index (χ2n) is 4.84. The Kier molecular flexibility index (Phi) is 4.26. The number of hydrogen-bond donors (Lipinski definition) is 2. The maximum absolute atomic E-state index is 5.79. The van der Waals surface area contributed by atoms with E-state index in [9.17, 15) is 0 Å². The number of nitrogens with two attached hydrogens (primary N) is 1. The van der Waals surface area contributed by atoms with Crippen LogP contribution in [0.1, 0.15) is 31.2 Å². The van der Waals surface area contributed by atoms with Crippen LogP contribution in [-0.2, 0) is 4.74 Å². The molecule has 0 amide bonds. The van der Waals surface area contributed by atoms with Gasteiger partial charge in [0.15, 0.2) is 0 Å². The zero-order valence-corrected chi connectivity index (χ0v) is 10.5. The van der Waals surface area contributed by atoms with Crippen molar-refractivity contribution < 1.29 is 4.74 Å². The molecule has 0 heterocycles. The third-order valence-corrected chi connectivity index (χ3v) is 3.19. The SMILES string of the molecule is Cc1cc(N)cc(NCCOC2CCCC2)c1. The summed E-state index contributed by atoms with van der Waals surface area (Å²) in [5, 5.41) is 3.35. The van der Waals surface area contributed by atoms with Crippen molar-refractivity contribution in [2.75, 3.05) is 24.2 Å². The highest BCUT2D eigenvalue weighted by Gasteiger charge is 2.14. The Bertz CT molecular complexity index is 339. The Morgan fingerprint density at radius 3 is 2.76 bits per heavy atom. The predicted octanol–water partition coefficient (Wildman–Crippen LogP) is 2.95. The molecule has 0 saturated heterocycles. The lowest BCUT2D eigenvalue weighted by molar-refractivity contribution is 0.0659. The van der Waals surface area contributed by atoms with Gasteiger partial charge in [0.25, 0.3) is 0 Å². The van der Waals surface area contributed by atoms with E-state index in [4.69, 9.17) is 10.5 Å². The van der Waals surface area contributed by atoms with Gasteiger partial charge in [-0.05, 0) is 43.5 Å². The monoisotopic (exact) mass is 234 g/mol. The average molecular weight is 234 g/mol. The lowest BCUT2D eigenvalue weighted by Gasteiger charge is -2.12. The highest BCUT2D eigenvalue weighted by molar-refractivity contribution is 5.56. The topological polar surface area (TPSA) is 47.3 Å². The van der Waals surface area contributed by atoms with Gasteiger partial charge in [-0.15, -0.1) is 0 Å². The quantitative estimate of drug-likeness (QED) is 0.608. The smallest absolute Gasteiger partial charge is 0.0642 e. The number of anilines is 2. The van der Waals surface area contributed by atoms with Crippen LogP contribution in [0.25, 0.3) is 0 Å². The van der Waals surface area contributed by atoms with E-state index in [0.717, 1.165) is 24.5 Å². The molecular formula is C14H22N2O. The van der Waals surface area contributed by atoms with E-state index in [-0.39, 0.29) is 0 Å². The first-order chi connectivity index (χ1) is 8.24. The molecule has 0 atom stereocenters. The molecule has 0 aliphatic heterocycles. The molecule has 3 heteroatoms. The van der Waals surface area contributed by atoms with Gasteiger partial charge in [0.05, 0.1) is 12.7 Å². The average Bonchev–Trinajstić information content (AvgIpc) is 2.76. The fourth-order valence-corrected chi connectivity index (χ4v) is 2.39. The maximum Gasteiger partial charge on any atom is 0.0642 e. The Labute approximate surface area is 103 Å². The minimum atomic E-state index is 0.499.